The van der Waals surface area contributed by atoms with Gasteiger partial charge in [0.25, 0.3) is 0 Å². The van der Waals surface area contributed by atoms with Crippen molar-refractivity contribution in [1.29, 1.82) is 0 Å². The molecule has 0 saturated carbocycles. The average molecular weight is 491 g/mol. The number of carbonyl (C=O) groups excluding carboxylic acids is 1. The van der Waals surface area contributed by atoms with Gasteiger partial charge in [-0.15, -0.1) is 0 Å². The number of fused-ring (bicyclic) bond motifs is 2. The van der Waals surface area contributed by atoms with Crippen molar-refractivity contribution < 1.29 is 14.3 Å². The average Bonchev–Trinajstić information content (AvgIpc) is 3.04. The number of hydrogen-bond donors (Lipinski definition) is 1. The van der Waals surface area contributed by atoms with Crippen LogP contribution in [0.25, 0.3) is 0 Å². The van der Waals surface area contributed by atoms with Crippen LogP contribution >= 0.6 is 0 Å². The van der Waals surface area contributed by atoms with Gasteiger partial charge in [0, 0.05) is 68.8 Å². The van der Waals surface area contributed by atoms with Crippen LogP contribution in [0.2, 0.25) is 0 Å². The molecule has 3 fully saturated rings. The second-order valence-corrected chi connectivity index (χ2v) is 10.0. The lowest BCUT2D eigenvalue weighted by Gasteiger charge is -2.51. The van der Waals surface area contributed by atoms with Crippen LogP contribution in [0.5, 0.6) is 5.75 Å². The zero-order chi connectivity index (χ0) is 24.6. The number of nitrogens with zero attached hydrogens (tertiary/aromatic N) is 5. The third kappa shape index (κ3) is 4.20. The monoisotopic (exact) mass is 490 g/mol. The summed E-state index contributed by atoms with van der Waals surface area (Å²) in [5.74, 6) is 2.11. The first-order valence-corrected chi connectivity index (χ1v) is 13.0. The zero-order valence-corrected chi connectivity index (χ0v) is 20.9. The maximum absolute atomic E-state index is 11.8. The van der Waals surface area contributed by atoms with Crippen LogP contribution in [0.4, 0.5) is 17.2 Å². The van der Waals surface area contributed by atoms with E-state index in [4.69, 9.17) is 14.5 Å². The Morgan fingerprint density at radius 3 is 2.81 bits per heavy atom. The third-order valence-electron chi connectivity index (χ3n) is 7.74. The van der Waals surface area contributed by atoms with E-state index in [1.807, 2.05) is 11.1 Å². The van der Waals surface area contributed by atoms with E-state index in [0.29, 0.717) is 18.6 Å². The van der Waals surface area contributed by atoms with Gasteiger partial charge in [0.1, 0.15) is 12.4 Å². The lowest BCUT2D eigenvalue weighted by molar-refractivity contribution is -0.134. The van der Waals surface area contributed by atoms with Crippen LogP contribution in [-0.4, -0.2) is 84.2 Å². The molecular formula is C27H34N6O3. The second kappa shape index (κ2) is 9.71. The molecule has 4 aliphatic rings. The van der Waals surface area contributed by atoms with Crippen LogP contribution in [0.3, 0.4) is 0 Å². The fraction of sp³-hybridized carbons (Fsp3) is 0.519. The fourth-order valence-electron chi connectivity index (χ4n) is 5.57. The minimum Gasteiger partial charge on any atom is -0.485 e. The molecule has 9 heteroatoms. The van der Waals surface area contributed by atoms with Crippen molar-refractivity contribution in [2.45, 2.75) is 38.3 Å². The van der Waals surface area contributed by atoms with Crippen molar-refractivity contribution in [2.24, 2.45) is 0 Å². The number of pyridine rings is 2. The quantitative estimate of drug-likeness (QED) is 0.619. The largest absolute Gasteiger partial charge is 0.485 e. The summed E-state index contributed by atoms with van der Waals surface area (Å²) in [6, 6.07) is 4.68. The predicted octanol–water partition coefficient (Wildman–Crippen LogP) is 2.70. The molecular weight excluding hydrogens is 456 g/mol. The Morgan fingerprint density at radius 1 is 1.25 bits per heavy atom. The number of hydrogen-bond acceptors (Lipinski definition) is 8. The smallest absolute Gasteiger partial charge is 0.246 e. The van der Waals surface area contributed by atoms with Crippen molar-refractivity contribution in [3.63, 3.8) is 0 Å². The lowest BCUT2D eigenvalue weighted by atomic mass is 9.91. The number of likely N-dealkylation sites (tertiary alicyclic amines) is 2. The van der Waals surface area contributed by atoms with Gasteiger partial charge in [-0.05, 0) is 24.6 Å². The Balaban J connectivity index is 1.21. The summed E-state index contributed by atoms with van der Waals surface area (Å²) in [5.41, 5.74) is 5.32. The van der Waals surface area contributed by atoms with Crippen LogP contribution in [0.1, 0.15) is 36.2 Å². The van der Waals surface area contributed by atoms with E-state index in [9.17, 15) is 4.79 Å². The summed E-state index contributed by atoms with van der Waals surface area (Å²) in [6.07, 6.45) is 5.15. The van der Waals surface area contributed by atoms with Crippen molar-refractivity contribution in [3.05, 3.63) is 47.9 Å². The summed E-state index contributed by atoms with van der Waals surface area (Å²) in [4.78, 5) is 28.2. The van der Waals surface area contributed by atoms with Gasteiger partial charge in [0.05, 0.1) is 30.2 Å². The Hall–Kier alpha value is -3.17. The summed E-state index contributed by atoms with van der Waals surface area (Å²) in [5, 5.41) is 3.60. The number of aryl methyl sites for hydroxylation is 1. The first kappa shape index (κ1) is 23.2. The number of anilines is 3. The second-order valence-electron chi connectivity index (χ2n) is 10.0. The molecule has 3 saturated heterocycles. The topological polar surface area (TPSA) is 83.1 Å². The Morgan fingerprint density at radius 2 is 2.06 bits per heavy atom. The van der Waals surface area contributed by atoms with Crippen LogP contribution in [0.15, 0.2) is 31.0 Å². The number of amides is 1. The van der Waals surface area contributed by atoms with Gasteiger partial charge in [-0.3, -0.25) is 14.7 Å². The highest BCUT2D eigenvalue weighted by atomic mass is 16.5. The highest BCUT2D eigenvalue weighted by Crippen LogP contribution is 2.41. The Bertz CT molecular complexity index is 1150. The van der Waals surface area contributed by atoms with Gasteiger partial charge in [-0.25, -0.2) is 4.98 Å². The zero-order valence-electron chi connectivity index (χ0n) is 20.9. The van der Waals surface area contributed by atoms with Gasteiger partial charge in [-0.2, -0.15) is 0 Å². The van der Waals surface area contributed by atoms with Crippen molar-refractivity contribution in [2.75, 3.05) is 62.7 Å². The standard InChI is InChI=1S/C27H34N6O3/c1-3-5-21-26-23(12-22(29-21)18-13-32(14-18)19-15-33(16-19)25(34)4-2)30-27-20(17-36-26)24(6-7-28-27)31-8-10-35-11-9-31/h4,6-7,12,18-19H,2-3,5,8-11,13-17H2,1H3,(H,28,30). The van der Waals surface area contributed by atoms with E-state index in [-0.39, 0.29) is 5.91 Å². The van der Waals surface area contributed by atoms with Gasteiger partial charge in [-0.1, -0.05) is 19.9 Å². The molecule has 0 radical (unpaired) electrons. The fourth-order valence-corrected chi connectivity index (χ4v) is 5.57. The number of morpholine rings is 1. The Labute approximate surface area is 212 Å². The van der Waals surface area contributed by atoms with E-state index < -0.39 is 0 Å². The van der Waals surface area contributed by atoms with E-state index >= 15 is 0 Å². The van der Waals surface area contributed by atoms with Crippen LogP contribution < -0.4 is 15.0 Å². The maximum Gasteiger partial charge on any atom is 0.246 e. The lowest BCUT2D eigenvalue weighted by Crippen LogP contribution is -2.65. The summed E-state index contributed by atoms with van der Waals surface area (Å²) < 4.78 is 12.0. The molecule has 6 heterocycles. The molecule has 9 nitrogen and oxygen atoms in total. The molecule has 0 aliphatic carbocycles. The van der Waals surface area contributed by atoms with Crippen molar-refractivity contribution >= 4 is 23.1 Å². The highest BCUT2D eigenvalue weighted by molar-refractivity contribution is 5.87. The van der Waals surface area contributed by atoms with Gasteiger partial charge in [0.2, 0.25) is 5.91 Å². The van der Waals surface area contributed by atoms with Crippen molar-refractivity contribution in [3.8, 4) is 5.75 Å². The van der Waals surface area contributed by atoms with Crippen LogP contribution in [-0.2, 0) is 22.6 Å². The molecule has 1 amide bonds. The molecule has 0 atom stereocenters. The first-order valence-electron chi connectivity index (χ1n) is 13.0. The highest BCUT2D eigenvalue weighted by Gasteiger charge is 2.41. The minimum atomic E-state index is 0.0247. The van der Waals surface area contributed by atoms with E-state index in [1.54, 1.807) is 0 Å². The third-order valence-corrected chi connectivity index (χ3v) is 7.74. The number of carbonyl (C=O) groups is 1. The number of rotatable bonds is 6. The summed E-state index contributed by atoms with van der Waals surface area (Å²) >= 11 is 0. The Kier molecular flexibility index (Phi) is 6.27. The minimum absolute atomic E-state index is 0.0247. The van der Waals surface area contributed by atoms with Gasteiger partial charge in [0.15, 0.2) is 5.75 Å². The van der Waals surface area contributed by atoms with Gasteiger partial charge < -0.3 is 24.6 Å². The molecule has 0 bridgehead atoms. The number of ether oxygens (including phenoxy) is 2. The molecule has 0 aromatic carbocycles. The molecule has 0 spiro atoms. The van der Waals surface area contributed by atoms with E-state index in [0.717, 1.165) is 105 Å². The molecule has 2 aromatic rings. The predicted molar refractivity (Wildman–Crippen MR) is 138 cm³/mol. The number of aromatic nitrogens is 2. The molecule has 2 aromatic heterocycles. The van der Waals surface area contributed by atoms with E-state index in [1.165, 1.54) is 6.08 Å². The molecule has 190 valence electrons. The maximum atomic E-state index is 11.8. The molecule has 36 heavy (non-hydrogen) atoms. The normalized spacial score (nSPS) is 20.2. The summed E-state index contributed by atoms with van der Waals surface area (Å²) in [7, 11) is 0. The summed E-state index contributed by atoms with van der Waals surface area (Å²) in [6.45, 7) is 13.0. The molecule has 4 aliphatic heterocycles. The molecule has 0 unspecified atom stereocenters. The molecule has 6 rings (SSSR count). The van der Waals surface area contributed by atoms with Crippen LogP contribution in [0, 0.1) is 0 Å². The van der Waals surface area contributed by atoms with E-state index in [2.05, 4.69) is 45.7 Å². The molecule has 1 N–H and O–H groups in total. The van der Waals surface area contributed by atoms with Gasteiger partial charge >= 0.3 is 0 Å². The SMILES string of the molecule is C=CC(=O)N1CC(N2CC(c3cc4c(c(CCC)n3)OCc3c(N5CCOCC5)ccnc3N4)C2)C1. The first-order chi connectivity index (χ1) is 17.6. The van der Waals surface area contributed by atoms with Crippen molar-refractivity contribution in [1.82, 2.24) is 19.8 Å². The number of nitrogens with one attached hydrogen (secondary N) is 1.